The number of aryl methyl sites for hydroxylation is 1. The molecule has 0 aliphatic rings. The van der Waals surface area contributed by atoms with E-state index >= 15 is 0 Å². The van der Waals surface area contributed by atoms with Crippen LogP contribution in [0, 0.1) is 6.92 Å². The van der Waals surface area contributed by atoms with Gasteiger partial charge in [-0.1, -0.05) is 37.1 Å². The summed E-state index contributed by atoms with van der Waals surface area (Å²) in [6.45, 7) is 4.08. The fourth-order valence-corrected chi connectivity index (χ4v) is 2.24. The van der Waals surface area contributed by atoms with Crippen LogP contribution in [0.1, 0.15) is 30.9 Å². The van der Waals surface area contributed by atoms with Crippen LogP contribution in [-0.2, 0) is 11.2 Å². The minimum absolute atomic E-state index is 0.114. The molecule has 2 nitrogen and oxygen atoms in total. The zero-order valence-corrected chi connectivity index (χ0v) is 11.5. The van der Waals surface area contributed by atoms with E-state index < -0.39 is 6.10 Å². The zero-order valence-electron chi connectivity index (χ0n) is 10.7. The summed E-state index contributed by atoms with van der Waals surface area (Å²) in [5, 5.41) is 10.8. The van der Waals surface area contributed by atoms with Gasteiger partial charge in [0.1, 0.15) is 0 Å². The van der Waals surface area contributed by atoms with E-state index in [1.165, 1.54) is 0 Å². The molecule has 0 amide bonds. The second-order valence-electron chi connectivity index (χ2n) is 4.43. The largest absolute Gasteiger partial charge is 0.390 e. The summed E-state index contributed by atoms with van der Waals surface area (Å²) >= 11 is 6.15. The van der Waals surface area contributed by atoms with Crippen LogP contribution in [0.25, 0.3) is 0 Å². The van der Waals surface area contributed by atoms with Crippen LogP contribution in [0.15, 0.2) is 18.2 Å². The van der Waals surface area contributed by atoms with Gasteiger partial charge in [0.2, 0.25) is 0 Å². The molecule has 0 radical (unpaired) electrons. The Morgan fingerprint density at radius 1 is 1.41 bits per heavy atom. The van der Waals surface area contributed by atoms with Gasteiger partial charge in [-0.15, -0.1) is 0 Å². The molecule has 1 aromatic carbocycles. The molecule has 96 valence electrons. The van der Waals surface area contributed by atoms with Crippen LogP contribution in [0.2, 0.25) is 5.02 Å². The van der Waals surface area contributed by atoms with Gasteiger partial charge in [-0.2, -0.15) is 0 Å². The van der Waals surface area contributed by atoms with Crippen molar-refractivity contribution in [2.75, 3.05) is 7.11 Å². The first kappa shape index (κ1) is 14.5. The predicted octanol–water partition coefficient (Wildman–Crippen LogP) is 3.37. The number of methoxy groups -OCH3 is 1. The average Bonchev–Trinajstić information content (AvgIpc) is 2.29. The van der Waals surface area contributed by atoms with Crippen LogP contribution < -0.4 is 0 Å². The van der Waals surface area contributed by atoms with Crippen molar-refractivity contribution in [2.24, 2.45) is 0 Å². The fraction of sp³-hybridized carbons (Fsp3) is 0.571. The Morgan fingerprint density at radius 3 is 2.65 bits per heavy atom. The Hall–Kier alpha value is -0.570. The summed E-state index contributed by atoms with van der Waals surface area (Å²) in [7, 11) is 1.64. The van der Waals surface area contributed by atoms with Gasteiger partial charge in [-0.3, -0.25) is 0 Å². The van der Waals surface area contributed by atoms with Crippen LogP contribution in [0.3, 0.4) is 0 Å². The van der Waals surface area contributed by atoms with Crippen LogP contribution >= 0.6 is 11.6 Å². The highest BCUT2D eigenvalue weighted by molar-refractivity contribution is 6.31. The molecule has 0 spiro atoms. The highest BCUT2D eigenvalue weighted by atomic mass is 35.5. The molecule has 1 rings (SSSR count). The monoisotopic (exact) mass is 256 g/mol. The third-order valence-corrected chi connectivity index (χ3v) is 3.29. The third-order valence-electron chi connectivity index (χ3n) is 2.94. The van der Waals surface area contributed by atoms with Gasteiger partial charge in [-0.05, 0) is 30.5 Å². The topological polar surface area (TPSA) is 29.5 Å². The molecule has 0 fully saturated rings. The molecule has 2 unspecified atom stereocenters. The minimum atomic E-state index is -0.500. The number of hydrogen-bond acceptors (Lipinski definition) is 2. The second-order valence-corrected chi connectivity index (χ2v) is 4.84. The molecule has 0 bridgehead atoms. The van der Waals surface area contributed by atoms with Crippen molar-refractivity contribution < 1.29 is 9.84 Å². The standard InChI is InChI=1S/C14H21ClO2/c1-4-5-14(17-3)13(16)9-11-7-6-10(2)8-12(11)15/h6-8,13-14,16H,4-5,9H2,1-3H3. The first-order chi connectivity index (χ1) is 8.08. The summed E-state index contributed by atoms with van der Waals surface area (Å²) in [6.07, 6.45) is 1.79. The number of ether oxygens (including phenoxy) is 1. The van der Waals surface area contributed by atoms with Crippen LogP contribution in [0.4, 0.5) is 0 Å². The lowest BCUT2D eigenvalue weighted by atomic mass is 10.00. The van der Waals surface area contributed by atoms with E-state index in [9.17, 15) is 5.11 Å². The first-order valence-corrected chi connectivity index (χ1v) is 6.42. The maximum absolute atomic E-state index is 10.1. The van der Waals surface area contributed by atoms with Gasteiger partial charge in [0.25, 0.3) is 0 Å². The molecule has 1 aromatic rings. The normalized spacial score (nSPS) is 14.6. The summed E-state index contributed by atoms with van der Waals surface area (Å²) in [4.78, 5) is 0. The van der Waals surface area contributed by atoms with E-state index in [1.54, 1.807) is 7.11 Å². The molecule has 0 aliphatic carbocycles. The van der Waals surface area contributed by atoms with Gasteiger partial charge >= 0.3 is 0 Å². The molecule has 0 heterocycles. The number of benzene rings is 1. The smallest absolute Gasteiger partial charge is 0.0842 e. The van der Waals surface area contributed by atoms with E-state index in [0.29, 0.717) is 6.42 Å². The fourth-order valence-electron chi connectivity index (χ4n) is 1.93. The first-order valence-electron chi connectivity index (χ1n) is 6.04. The highest BCUT2D eigenvalue weighted by Crippen LogP contribution is 2.21. The highest BCUT2D eigenvalue weighted by Gasteiger charge is 2.19. The average molecular weight is 257 g/mol. The summed E-state index contributed by atoms with van der Waals surface area (Å²) in [5.74, 6) is 0. The molecule has 0 saturated heterocycles. The lowest BCUT2D eigenvalue weighted by Crippen LogP contribution is -2.29. The Morgan fingerprint density at radius 2 is 2.12 bits per heavy atom. The van der Waals surface area contributed by atoms with Crippen molar-refractivity contribution >= 4 is 11.6 Å². The Balaban J connectivity index is 2.69. The Bertz CT molecular complexity index is 352. The number of hydrogen-bond donors (Lipinski definition) is 1. The number of halogens is 1. The van der Waals surface area contributed by atoms with Crippen molar-refractivity contribution in [3.63, 3.8) is 0 Å². The number of aliphatic hydroxyl groups excluding tert-OH is 1. The minimum Gasteiger partial charge on any atom is -0.390 e. The summed E-state index contributed by atoms with van der Waals surface area (Å²) < 4.78 is 5.30. The maximum Gasteiger partial charge on any atom is 0.0842 e. The second kappa shape index (κ2) is 7.00. The molecule has 0 saturated carbocycles. The SMILES string of the molecule is CCCC(OC)C(O)Cc1ccc(C)cc1Cl. The Labute approximate surface area is 109 Å². The van der Waals surface area contributed by atoms with Crippen LogP contribution in [-0.4, -0.2) is 24.4 Å². The number of rotatable bonds is 6. The molecule has 0 aromatic heterocycles. The van der Waals surface area contributed by atoms with E-state index in [1.807, 2.05) is 25.1 Å². The van der Waals surface area contributed by atoms with Gasteiger partial charge in [0, 0.05) is 18.6 Å². The molecular formula is C14H21ClO2. The van der Waals surface area contributed by atoms with Crippen molar-refractivity contribution in [2.45, 2.75) is 45.3 Å². The Kier molecular flexibility index (Phi) is 5.96. The van der Waals surface area contributed by atoms with Crippen molar-refractivity contribution in [1.29, 1.82) is 0 Å². The lowest BCUT2D eigenvalue weighted by molar-refractivity contribution is -0.0159. The van der Waals surface area contributed by atoms with E-state index in [2.05, 4.69) is 6.92 Å². The maximum atomic E-state index is 10.1. The van der Waals surface area contributed by atoms with E-state index in [-0.39, 0.29) is 6.10 Å². The van der Waals surface area contributed by atoms with E-state index in [0.717, 1.165) is 29.0 Å². The van der Waals surface area contributed by atoms with Crippen LogP contribution in [0.5, 0.6) is 0 Å². The third kappa shape index (κ3) is 4.30. The summed E-state index contributed by atoms with van der Waals surface area (Å²) in [5.41, 5.74) is 2.10. The van der Waals surface area contributed by atoms with Gasteiger partial charge in [0.15, 0.2) is 0 Å². The predicted molar refractivity (Wildman–Crippen MR) is 71.6 cm³/mol. The van der Waals surface area contributed by atoms with Crippen molar-refractivity contribution in [3.05, 3.63) is 34.3 Å². The zero-order chi connectivity index (χ0) is 12.8. The summed E-state index contributed by atoms with van der Waals surface area (Å²) in [6, 6.07) is 5.90. The molecule has 3 heteroatoms. The quantitative estimate of drug-likeness (QED) is 0.846. The van der Waals surface area contributed by atoms with Gasteiger partial charge in [0.05, 0.1) is 12.2 Å². The molecule has 17 heavy (non-hydrogen) atoms. The van der Waals surface area contributed by atoms with E-state index in [4.69, 9.17) is 16.3 Å². The van der Waals surface area contributed by atoms with Crippen molar-refractivity contribution in [3.8, 4) is 0 Å². The number of aliphatic hydroxyl groups is 1. The van der Waals surface area contributed by atoms with Gasteiger partial charge < -0.3 is 9.84 Å². The van der Waals surface area contributed by atoms with Gasteiger partial charge in [-0.25, -0.2) is 0 Å². The molecule has 2 atom stereocenters. The molecular weight excluding hydrogens is 236 g/mol. The molecule has 0 aliphatic heterocycles. The molecule has 1 N–H and O–H groups in total. The lowest BCUT2D eigenvalue weighted by Gasteiger charge is -2.21. The van der Waals surface area contributed by atoms with Crippen molar-refractivity contribution in [1.82, 2.24) is 0 Å².